The van der Waals surface area contributed by atoms with Gasteiger partial charge in [-0.25, -0.2) is 12.7 Å². The highest BCUT2D eigenvalue weighted by atomic mass is 32.2. The van der Waals surface area contributed by atoms with Gasteiger partial charge in [-0.15, -0.1) is 0 Å². The minimum atomic E-state index is -3.28. The number of carbonyl (C=O) groups excluding carboxylic acids is 1. The van der Waals surface area contributed by atoms with E-state index in [1.165, 1.54) is 0 Å². The number of rotatable bonds is 3. The van der Waals surface area contributed by atoms with Crippen LogP contribution in [0.15, 0.2) is 30.3 Å². The number of hydrogen-bond acceptors (Lipinski definition) is 4. The molecule has 3 aliphatic rings. The Balaban J connectivity index is 1.41. The van der Waals surface area contributed by atoms with E-state index < -0.39 is 10.0 Å². The van der Waals surface area contributed by atoms with E-state index in [1.807, 2.05) is 30.3 Å². The average Bonchev–Trinajstić information content (AvgIpc) is 2.95. The Labute approximate surface area is 149 Å². The normalized spacial score (nSPS) is 27.2. The molecular weight excluding hydrogens is 338 g/mol. The number of amides is 1. The van der Waals surface area contributed by atoms with Crippen molar-refractivity contribution in [2.45, 2.75) is 31.1 Å². The van der Waals surface area contributed by atoms with Crippen molar-refractivity contribution < 1.29 is 13.2 Å². The zero-order chi connectivity index (χ0) is 17.5. The number of hydrogen-bond donors (Lipinski definition) is 1. The fourth-order valence-corrected chi connectivity index (χ4v) is 6.09. The van der Waals surface area contributed by atoms with Gasteiger partial charge in [-0.2, -0.15) is 0 Å². The highest BCUT2D eigenvalue weighted by Gasteiger charge is 2.49. The quantitative estimate of drug-likeness (QED) is 0.863. The fourth-order valence-electron chi connectivity index (χ4n) is 4.56. The van der Waals surface area contributed by atoms with Gasteiger partial charge in [-0.3, -0.25) is 9.69 Å². The molecule has 0 bridgehead atoms. The van der Waals surface area contributed by atoms with E-state index in [1.54, 1.807) is 4.31 Å². The van der Waals surface area contributed by atoms with Crippen LogP contribution in [0.4, 0.5) is 0 Å². The SMILES string of the molecule is O=C1NCCN2CC3(CCN(S(=O)(=O)Cc4ccccc4)CC3)CC12. The lowest BCUT2D eigenvalue weighted by molar-refractivity contribution is -0.127. The van der Waals surface area contributed by atoms with Crippen molar-refractivity contribution in [3.05, 3.63) is 35.9 Å². The van der Waals surface area contributed by atoms with Gasteiger partial charge in [0.25, 0.3) is 0 Å². The third kappa shape index (κ3) is 3.32. The highest BCUT2D eigenvalue weighted by Crippen LogP contribution is 2.44. The summed E-state index contributed by atoms with van der Waals surface area (Å²) in [5.41, 5.74) is 0.933. The molecule has 6 nitrogen and oxygen atoms in total. The van der Waals surface area contributed by atoms with E-state index in [-0.39, 0.29) is 23.1 Å². The molecule has 3 saturated heterocycles. The second-order valence-electron chi connectivity index (χ2n) is 7.62. The van der Waals surface area contributed by atoms with Gasteiger partial charge in [0.1, 0.15) is 0 Å². The van der Waals surface area contributed by atoms with Crippen LogP contribution in [0.3, 0.4) is 0 Å². The molecule has 3 aliphatic heterocycles. The lowest BCUT2D eigenvalue weighted by atomic mass is 9.77. The van der Waals surface area contributed by atoms with Crippen LogP contribution in [0.25, 0.3) is 0 Å². The zero-order valence-corrected chi connectivity index (χ0v) is 15.2. The molecule has 1 N–H and O–H groups in total. The number of carbonyl (C=O) groups is 1. The summed E-state index contributed by atoms with van der Waals surface area (Å²) >= 11 is 0. The number of fused-ring (bicyclic) bond motifs is 1. The highest BCUT2D eigenvalue weighted by molar-refractivity contribution is 7.88. The van der Waals surface area contributed by atoms with E-state index >= 15 is 0 Å². The first-order valence-electron chi connectivity index (χ1n) is 9.01. The standard InChI is InChI=1S/C18H25N3O3S/c22-17-16-12-18(14-20(16)11-8-19-17)6-9-21(10-7-18)25(23,24)13-15-4-2-1-3-5-15/h1-5,16H,6-14H2,(H,19,22). The molecule has 1 spiro atoms. The van der Waals surface area contributed by atoms with Gasteiger partial charge < -0.3 is 5.32 Å². The van der Waals surface area contributed by atoms with Crippen molar-refractivity contribution in [2.24, 2.45) is 5.41 Å². The van der Waals surface area contributed by atoms with Crippen LogP contribution in [0.5, 0.6) is 0 Å². The molecule has 0 aliphatic carbocycles. The van der Waals surface area contributed by atoms with Crippen LogP contribution in [0.1, 0.15) is 24.8 Å². The average molecular weight is 363 g/mol. The second-order valence-corrected chi connectivity index (χ2v) is 9.59. The summed E-state index contributed by atoms with van der Waals surface area (Å²) in [6.45, 7) is 3.70. The number of piperidine rings is 1. The minimum Gasteiger partial charge on any atom is -0.353 e. The molecular formula is C18H25N3O3S. The van der Waals surface area contributed by atoms with E-state index in [0.717, 1.165) is 44.5 Å². The maximum absolute atomic E-state index is 12.7. The van der Waals surface area contributed by atoms with Crippen LogP contribution >= 0.6 is 0 Å². The maximum Gasteiger partial charge on any atom is 0.237 e. The Morgan fingerprint density at radius 1 is 1.12 bits per heavy atom. The molecule has 0 aromatic heterocycles. The molecule has 0 saturated carbocycles. The van der Waals surface area contributed by atoms with Gasteiger partial charge in [0.15, 0.2) is 0 Å². The van der Waals surface area contributed by atoms with Gasteiger partial charge >= 0.3 is 0 Å². The third-order valence-corrected chi connectivity index (χ3v) is 7.82. The predicted octanol–water partition coefficient (Wildman–Crippen LogP) is 0.803. The molecule has 136 valence electrons. The minimum absolute atomic E-state index is 0.0128. The maximum atomic E-state index is 12.7. The topological polar surface area (TPSA) is 69.7 Å². The smallest absolute Gasteiger partial charge is 0.237 e. The fraction of sp³-hybridized carbons (Fsp3) is 0.611. The molecule has 25 heavy (non-hydrogen) atoms. The molecule has 3 heterocycles. The summed E-state index contributed by atoms with van der Waals surface area (Å²) in [5, 5.41) is 2.95. The summed E-state index contributed by atoms with van der Waals surface area (Å²) in [5.74, 6) is 0.208. The van der Waals surface area contributed by atoms with Crippen LogP contribution in [0, 0.1) is 5.41 Å². The Kier molecular flexibility index (Phi) is 4.33. The second kappa shape index (κ2) is 6.37. The molecule has 4 rings (SSSR count). The van der Waals surface area contributed by atoms with Gasteiger partial charge in [-0.1, -0.05) is 30.3 Å². The van der Waals surface area contributed by atoms with Crippen molar-refractivity contribution in [1.29, 1.82) is 0 Å². The van der Waals surface area contributed by atoms with Crippen LogP contribution < -0.4 is 5.32 Å². The van der Waals surface area contributed by atoms with Crippen molar-refractivity contribution in [3.8, 4) is 0 Å². The lowest BCUT2D eigenvalue weighted by Gasteiger charge is -2.38. The summed E-state index contributed by atoms with van der Waals surface area (Å²) in [4.78, 5) is 14.4. The van der Waals surface area contributed by atoms with Gasteiger partial charge in [0, 0.05) is 32.7 Å². The molecule has 1 unspecified atom stereocenters. The van der Waals surface area contributed by atoms with Crippen LogP contribution in [0.2, 0.25) is 0 Å². The Morgan fingerprint density at radius 2 is 1.84 bits per heavy atom. The van der Waals surface area contributed by atoms with E-state index in [9.17, 15) is 13.2 Å². The lowest BCUT2D eigenvalue weighted by Crippen LogP contribution is -2.52. The van der Waals surface area contributed by atoms with E-state index in [0.29, 0.717) is 13.1 Å². The van der Waals surface area contributed by atoms with Crippen LogP contribution in [-0.4, -0.2) is 62.3 Å². The van der Waals surface area contributed by atoms with Crippen LogP contribution in [-0.2, 0) is 20.6 Å². The number of sulfonamides is 1. The van der Waals surface area contributed by atoms with E-state index in [2.05, 4.69) is 10.2 Å². The first-order valence-corrected chi connectivity index (χ1v) is 10.6. The van der Waals surface area contributed by atoms with Gasteiger partial charge in [0.2, 0.25) is 15.9 Å². The number of benzene rings is 1. The van der Waals surface area contributed by atoms with Crippen molar-refractivity contribution >= 4 is 15.9 Å². The number of nitrogens with zero attached hydrogens (tertiary/aromatic N) is 2. The molecule has 1 aromatic rings. The van der Waals surface area contributed by atoms with E-state index in [4.69, 9.17) is 0 Å². The Hall–Kier alpha value is -1.44. The van der Waals surface area contributed by atoms with Gasteiger partial charge in [-0.05, 0) is 30.2 Å². The summed E-state index contributed by atoms with van der Waals surface area (Å²) in [6.07, 6.45) is 2.56. The predicted molar refractivity (Wildman–Crippen MR) is 95.3 cm³/mol. The van der Waals surface area contributed by atoms with Crippen molar-refractivity contribution in [3.63, 3.8) is 0 Å². The first kappa shape index (κ1) is 17.0. The largest absolute Gasteiger partial charge is 0.353 e. The molecule has 7 heteroatoms. The summed E-state index contributed by atoms with van der Waals surface area (Å²) in [7, 11) is -3.28. The van der Waals surface area contributed by atoms with Gasteiger partial charge in [0.05, 0.1) is 11.8 Å². The first-order chi connectivity index (χ1) is 12.0. The number of piperazine rings is 1. The number of nitrogens with one attached hydrogen (secondary N) is 1. The zero-order valence-electron chi connectivity index (χ0n) is 14.4. The monoisotopic (exact) mass is 363 g/mol. The molecule has 3 fully saturated rings. The van der Waals surface area contributed by atoms with Crippen molar-refractivity contribution in [1.82, 2.24) is 14.5 Å². The summed E-state index contributed by atoms with van der Waals surface area (Å²) < 4.78 is 27.1. The summed E-state index contributed by atoms with van der Waals surface area (Å²) in [6, 6.07) is 9.34. The molecule has 1 amide bonds. The Morgan fingerprint density at radius 3 is 2.52 bits per heavy atom. The van der Waals surface area contributed by atoms with Crippen molar-refractivity contribution in [2.75, 3.05) is 32.7 Å². The Bertz CT molecular complexity index is 742. The molecule has 1 atom stereocenters. The third-order valence-electron chi connectivity index (χ3n) is 5.97. The molecule has 1 aromatic carbocycles. The molecule has 0 radical (unpaired) electrons.